The monoisotopic (exact) mass is 405 g/mol. The van der Waals surface area contributed by atoms with Crippen molar-refractivity contribution in [1.82, 2.24) is 14.9 Å². The average molecular weight is 406 g/mol. The largest absolute Gasteiger partial charge is 0.398 e. The predicted octanol–water partition coefficient (Wildman–Crippen LogP) is 3.60. The van der Waals surface area contributed by atoms with Crippen molar-refractivity contribution in [3.8, 4) is 0 Å². The lowest BCUT2D eigenvalue weighted by Gasteiger charge is -2.46. The number of rotatable bonds is 4. The first-order valence-electron chi connectivity index (χ1n) is 10.8. The molecular weight excluding hydrogens is 374 g/mol. The number of amides is 1. The second kappa shape index (κ2) is 8.09. The Hall–Kier alpha value is -2.89. The summed E-state index contributed by atoms with van der Waals surface area (Å²) >= 11 is 0. The Morgan fingerprint density at radius 3 is 2.43 bits per heavy atom. The van der Waals surface area contributed by atoms with Crippen LogP contribution in [0, 0.1) is 19.3 Å². The molecule has 1 aromatic carbocycles. The second-order valence-electron chi connectivity index (χ2n) is 8.74. The summed E-state index contributed by atoms with van der Waals surface area (Å²) in [6, 6.07) is 9.72. The molecule has 2 aliphatic heterocycles. The van der Waals surface area contributed by atoms with Crippen LogP contribution < -0.4 is 10.6 Å². The minimum atomic E-state index is -0.268. The number of hydrogen-bond donors (Lipinski definition) is 1. The number of carbonyl (C=O) groups excluding carboxylic acids is 1. The number of benzene rings is 1. The molecule has 0 saturated carbocycles. The zero-order valence-electron chi connectivity index (χ0n) is 18.0. The van der Waals surface area contributed by atoms with Crippen LogP contribution in [0.2, 0.25) is 0 Å². The molecule has 2 N–H and O–H groups in total. The SMILES string of the molecule is C=C(CN1CCCC2(CCN(c3nc(C)cc(C)n3)CC2)C1=O)c1ccccc1N. The number of piperidine rings is 2. The van der Waals surface area contributed by atoms with E-state index >= 15 is 0 Å². The van der Waals surface area contributed by atoms with Gasteiger partial charge in [-0.05, 0) is 57.2 Å². The Kier molecular flexibility index (Phi) is 5.50. The van der Waals surface area contributed by atoms with Crippen molar-refractivity contribution in [3.63, 3.8) is 0 Å². The van der Waals surface area contributed by atoms with Crippen molar-refractivity contribution in [2.75, 3.05) is 36.8 Å². The van der Waals surface area contributed by atoms with Gasteiger partial charge >= 0.3 is 0 Å². The number of aryl methyl sites for hydroxylation is 2. The number of nitrogens with two attached hydrogens (primary N) is 1. The molecule has 3 heterocycles. The van der Waals surface area contributed by atoms with Gasteiger partial charge in [-0.1, -0.05) is 24.8 Å². The molecule has 0 unspecified atom stereocenters. The summed E-state index contributed by atoms with van der Waals surface area (Å²) in [6.07, 6.45) is 3.68. The Morgan fingerprint density at radius 2 is 1.77 bits per heavy atom. The maximum absolute atomic E-state index is 13.5. The Balaban J connectivity index is 1.44. The first kappa shape index (κ1) is 20.4. The van der Waals surface area contributed by atoms with Gasteiger partial charge in [0.2, 0.25) is 11.9 Å². The molecule has 0 bridgehead atoms. The summed E-state index contributed by atoms with van der Waals surface area (Å²) in [5, 5.41) is 0. The molecule has 2 aromatic rings. The molecule has 30 heavy (non-hydrogen) atoms. The van der Waals surface area contributed by atoms with Gasteiger partial charge in [-0.25, -0.2) is 9.97 Å². The van der Waals surface area contributed by atoms with Crippen molar-refractivity contribution in [3.05, 3.63) is 53.9 Å². The minimum Gasteiger partial charge on any atom is -0.398 e. The summed E-state index contributed by atoms with van der Waals surface area (Å²) in [5.74, 6) is 1.06. The molecule has 1 spiro atoms. The number of nitrogens with zero attached hydrogens (tertiary/aromatic N) is 4. The van der Waals surface area contributed by atoms with E-state index in [9.17, 15) is 4.79 Å². The fourth-order valence-electron chi connectivity index (χ4n) is 4.88. The number of carbonyl (C=O) groups is 1. The van der Waals surface area contributed by atoms with E-state index in [2.05, 4.69) is 21.4 Å². The fourth-order valence-corrected chi connectivity index (χ4v) is 4.88. The third-order valence-corrected chi connectivity index (χ3v) is 6.52. The van der Waals surface area contributed by atoms with Gasteiger partial charge in [0.05, 0.1) is 5.41 Å². The lowest BCUT2D eigenvalue weighted by atomic mass is 9.71. The Morgan fingerprint density at radius 1 is 1.10 bits per heavy atom. The molecule has 1 aromatic heterocycles. The van der Waals surface area contributed by atoms with E-state index in [1.54, 1.807) is 0 Å². The van der Waals surface area contributed by atoms with Crippen LogP contribution in [0.4, 0.5) is 11.6 Å². The highest BCUT2D eigenvalue weighted by Gasteiger charge is 2.46. The average Bonchev–Trinajstić information content (AvgIpc) is 2.71. The highest BCUT2D eigenvalue weighted by molar-refractivity contribution is 5.86. The van der Waals surface area contributed by atoms with Gasteiger partial charge in [-0.3, -0.25) is 4.79 Å². The Labute approximate surface area is 178 Å². The lowest BCUT2D eigenvalue weighted by molar-refractivity contribution is -0.147. The molecule has 0 radical (unpaired) electrons. The number of para-hydroxylation sites is 1. The standard InChI is InChI=1S/C24H31N5O/c1-17(20-7-4-5-8-21(20)25)16-29-12-6-9-24(22(29)30)10-13-28(14-11-24)23-26-18(2)15-19(3)27-23/h4-5,7-8,15H,1,6,9-14,16,25H2,2-3H3. The van der Waals surface area contributed by atoms with E-state index in [1.807, 2.05) is 49.1 Å². The van der Waals surface area contributed by atoms with Crippen LogP contribution in [0.1, 0.15) is 42.6 Å². The van der Waals surface area contributed by atoms with E-state index in [1.165, 1.54) is 0 Å². The number of hydrogen-bond acceptors (Lipinski definition) is 5. The van der Waals surface area contributed by atoms with Crippen molar-refractivity contribution in [2.24, 2.45) is 5.41 Å². The third kappa shape index (κ3) is 3.91. The minimum absolute atomic E-state index is 0.268. The van der Waals surface area contributed by atoms with E-state index in [4.69, 9.17) is 5.73 Å². The molecule has 0 aliphatic carbocycles. The van der Waals surface area contributed by atoms with Crippen molar-refractivity contribution in [2.45, 2.75) is 39.5 Å². The Bertz CT molecular complexity index is 942. The van der Waals surface area contributed by atoms with Gasteiger partial charge in [-0.15, -0.1) is 0 Å². The fraction of sp³-hybridized carbons (Fsp3) is 0.458. The molecule has 1 amide bonds. The summed E-state index contributed by atoms with van der Waals surface area (Å²) in [5.41, 5.74) is 10.4. The van der Waals surface area contributed by atoms with Crippen LogP contribution in [-0.4, -0.2) is 47.0 Å². The number of anilines is 2. The molecule has 2 fully saturated rings. The summed E-state index contributed by atoms with van der Waals surface area (Å²) in [6.45, 7) is 11.2. The van der Waals surface area contributed by atoms with Crippen LogP contribution in [0.25, 0.3) is 5.57 Å². The highest BCUT2D eigenvalue weighted by atomic mass is 16.2. The van der Waals surface area contributed by atoms with E-state index in [0.29, 0.717) is 12.2 Å². The summed E-state index contributed by atoms with van der Waals surface area (Å²) < 4.78 is 0. The highest BCUT2D eigenvalue weighted by Crippen LogP contribution is 2.42. The first-order chi connectivity index (χ1) is 14.4. The molecule has 4 rings (SSSR count). The van der Waals surface area contributed by atoms with Crippen LogP contribution in [-0.2, 0) is 4.79 Å². The first-order valence-corrected chi connectivity index (χ1v) is 10.8. The van der Waals surface area contributed by atoms with Gasteiger partial charge in [0, 0.05) is 48.8 Å². The van der Waals surface area contributed by atoms with Crippen LogP contribution in [0.3, 0.4) is 0 Å². The molecule has 6 heteroatoms. The molecule has 2 saturated heterocycles. The predicted molar refractivity (Wildman–Crippen MR) is 121 cm³/mol. The van der Waals surface area contributed by atoms with Crippen molar-refractivity contribution < 1.29 is 4.79 Å². The van der Waals surface area contributed by atoms with Gasteiger partial charge in [0.15, 0.2) is 0 Å². The van der Waals surface area contributed by atoms with Crippen molar-refractivity contribution in [1.29, 1.82) is 0 Å². The van der Waals surface area contributed by atoms with Gasteiger partial charge in [0.25, 0.3) is 0 Å². The van der Waals surface area contributed by atoms with Gasteiger partial charge in [0.1, 0.15) is 0 Å². The van der Waals surface area contributed by atoms with E-state index < -0.39 is 0 Å². The zero-order chi connectivity index (χ0) is 21.3. The van der Waals surface area contributed by atoms with E-state index in [0.717, 1.165) is 73.8 Å². The topological polar surface area (TPSA) is 75.4 Å². The molecule has 0 atom stereocenters. The van der Waals surface area contributed by atoms with Crippen molar-refractivity contribution >= 4 is 23.1 Å². The molecule has 2 aliphatic rings. The maximum atomic E-state index is 13.5. The zero-order valence-corrected chi connectivity index (χ0v) is 18.0. The maximum Gasteiger partial charge on any atom is 0.229 e. The van der Waals surface area contributed by atoms with Crippen LogP contribution in [0.5, 0.6) is 0 Å². The molecular formula is C24H31N5O. The molecule has 158 valence electrons. The third-order valence-electron chi connectivity index (χ3n) is 6.52. The van der Waals surface area contributed by atoms with Gasteiger partial charge < -0.3 is 15.5 Å². The number of nitrogen functional groups attached to an aromatic ring is 1. The smallest absolute Gasteiger partial charge is 0.229 e. The second-order valence-corrected chi connectivity index (χ2v) is 8.74. The summed E-state index contributed by atoms with van der Waals surface area (Å²) in [7, 11) is 0. The van der Waals surface area contributed by atoms with Gasteiger partial charge in [-0.2, -0.15) is 0 Å². The number of likely N-dealkylation sites (tertiary alicyclic amines) is 1. The van der Waals surface area contributed by atoms with E-state index in [-0.39, 0.29) is 11.3 Å². The lowest BCUT2D eigenvalue weighted by Crippen LogP contribution is -2.54. The van der Waals surface area contributed by atoms with Crippen LogP contribution >= 0.6 is 0 Å². The summed E-state index contributed by atoms with van der Waals surface area (Å²) in [4.78, 5) is 26.9. The molecule has 6 nitrogen and oxygen atoms in total. The number of aromatic nitrogens is 2. The normalized spacial score (nSPS) is 18.7. The quantitative estimate of drug-likeness (QED) is 0.787. The van der Waals surface area contributed by atoms with Crippen LogP contribution in [0.15, 0.2) is 36.9 Å².